The molecule has 0 bridgehead atoms. The van der Waals surface area contributed by atoms with Crippen LogP contribution >= 0.6 is 47.0 Å². The molecule has 0 aromatic heterocycles. The lowest BCUT2D eigenvalue weighted by molar-refractivity contribution is 0.0934. The van der Waals surface area contributed by atoms with Crippen LogP contribution in [0.25, 0.3) is 0 Å². The predicted octanol–water partition coefficient (Wildman–Crippen LogP) is 4.97. The maximum atomic E-state index is 12.5. The van der Waals surface area contributed by atoms with Crippen LogP contribution in [0, 0.1) is 6.92 Å². The second-order valence-corrected chi connectivity index (χ2v) is 8.70. The second kappa shape index (κ2) is 9.60. The van der Waals surface area contributed by atoms with Crippen molar-refractivity contribution in [3.63, 3.8) is 0 Å². The van der Waals surface area contributed by atoms with E-state index < -0.39 is 9.96 Å². The number of anilines is 1. The first-order valence-electron chi connectivity index (χ1n) is 8.30. The minimum Gasteiger partial charge on any atom is -0.339 e. The Morgan fingerprint density at radius 3 is 2.30 bits per heavy atom. The molecule has 2 aromatic carbocycles. The van der Waals surface area contributed by atoms with Crippen LogP contribution in [0.2, 0.25) is 0 Å². The summed E-state index contributed by atoms with van der Waals surface area (Å²) >= 11 is 23.4. The first kappa shape index (κ1) is 21.8. The van der Waals surface area contributed by atoms with Crippen molar-refractivity contribution >= 4 is 63.7 Å². The molecule has 4 nitrogen and oxygen atoms in total. The largest absolute Gasteiger partial charge is 0.339 e. The summed E-state index contributed by atoms with van der Waals surface area (Å²) in [6.45, 7) is 3.98. The van der Waals surface area contributed by atoms with Gasteiger partial charge in [-0.2, -0.15) is 0 Å². The molecule has 27 heavy (non-hydrogen) atoms. The molecular formula is C19H20Cl3N3OS. The van der Waals surface area contributed by atoms with Crippen molar-refractivity contribution in [3.05, 3.63) is 65.2 Å². The summed E-state index contributed by atoms with van der Waals surface area (Å²) in [5.41, 5.74) is 3.45. The third-order valence-electron chi connectivity index (χ3n) is 3.84. The normalized spacial score (nSPS) is 12.2. The Hall–Kier alpha value is -1.53. The molecule has 1 atom stereocenters. The van der Waals surface area contributed by atoms with Gasteiger partial charge in [0.25, 0.3) is 5.91 Å². The number of hydrogen-bond acceptors (Lipinski definition) is 2. The molecule has 0 fully saturated rings. The van der Waals surface area contributed by atoms with Crippen molar-refractivity contribution in [2.45, 2.75) is 30.2 Å². The third-order valence-corrected chi connectivity index (χ3v) is 4.71. The van der Waals surface area contributed by atoms with Gasteiger partial charge in [-0.3, -0.25) is 4.79 Å². The lowest BCUT2D eigenvalue weighted by Gasteiger charge is -2.28. The van der Waals surface area contributed by atoms with Crippen LogP contribution in [0.3, 0.4) is 0 Å². The highest BCUT2D eigenvalue weighted by Gasteiger charge is 2.34. The van der Waals surface area contributed by atoms with Crippen molar-refractivity contribution in [3.8, 4) is 0 Å². The summed E-state index contributed by atoms with van der Waals surface area (Å²) in [7, 11) is 0. The van der Waals surface area contributed by atoms with Gasteiger partial charge in [0.05, 0.1) is 0 Å². The highest BCUT2D eigenvalue weighted by atomic mass is 35.6. The van der Waals surface area contributed by atoms with Gasteiger partial charge in [-0.15, -0.1) is 0 Å². The van der Waals surface area contributed by atoms with Gasteiger partial charge in [0.15, 0.2) is 5.11 Å². The Bertz CT molecular complexity index is 807. The fraction of sp³-hybridized carbons (Fsp3) is 0.263. The molecule has 0 saturated heterocycles. The zero-order chi connectivity index (χ0) is 20.0. The highest BCUT2D eigenvalue weighted by Crippen LogP contribution is 2.29. The van der Waals surface area contributed by atoms with Gasteiger partial charge in [-0.1, -0.05) is 77.6 Å². The number of aryl methyl sites for hydroxylation is 2. The van der Waals surface area contributed by atoms with E-state index >= 15 is 0 Å². The molecule has 2 rings (SSSR count). The van der Waals surface area contributed by atoms with Crippen LogP contribution in [0.1, 0.15) is 28.4 Å². The summed E-state index contributed by atoms with van der Waals surface area (Å²) in [6.07, 6.45) is -0.186. The zero-order valence-electron chi connectivity index (χ0n) is 14.9. The number of amides is 1. The van der Waals surface area contributed by atoms with Crippen LogP contribution < -0.4 is 16.0 Å². The van der Waals surface area contributed by atoms with Gasteiger partial charge >= 0.3 is 0 Å². The quantitative estimate of drug-likeness (QED) is 0.346. The Morgan fingerprint density at radius 2 is 1.70 bits per heavy atom. The molecular weight excluding hydrogens is 425 g/mol. The van der Waals surface area contributed by atoms with E-state index in [1.807, 2.05) is 50.2 Å². The lowest BCUT2D eigenvalue weighted by Crippen LogP contribution is -2.56. The van der Waals surface area contributed by atoms with Gasteiger partial charge in [-0.25, -0.2) is 0 Å². The number of rotatable bonds is 5. The average molecular weight is 445 g/mol. The van der Waals surface area contributed by atoms with Crippen molar-refractivity contribution in [2.75, 3.05) is 5.32 Å². The van der Waals surface area contributed by atoms with Crippen molar-refractivity contribution in [1.29, 1.82) is 0 Å². The average Bonchev–Trinajstić information content (AvgIpc) is 2.61. The number of para-hydroxylation sites is 1. The van der Waals surface area contributed by atoms with E-state index in [0.717, 1.165) is 23.2 Å². The number of nitrogens with one attached hydrogen (secondary N) is 3. The fourth-order valence-electron chi connectivity index (χ4n) is 2.36. The monoisotopic (exact) mass is 443 g/mol. The van der Waals surface area contributed by atoms with Gasteiger partial charge in [-0.05, 0) is 49.3 Å². The van der Waals surface area contributed by atoms with E-state index in [9.17, 15) is 4.79 Å². The number of halogens is 3. The van der Waals surface area contributed by atoms with Crippen molar-refractivity contribution in [1.82, 2.24) is 10.6 Å². The summed E-state index contributed by atoms with van der Waals surface area (Å²) in [4.78, 5) is 12.5. The molecule has 0 aliphatic rings. The molecule has 2 aromatic rings. The maximum Gasteiger partial charge on any atom is 0.252 e. The lowest BCUT2D eigenvalue weighted by atomic mass is 10.1. The number of hydrogen-bond donors (Lipinski definition) is 3. The summed E-state index contributed by atoms with van der Waals surface area (Å²) < 4.78 is -1.81. The van der Waals surface area contributed by atoms with E-state index in [-0.39, 0.29) is 11.0 Å². The maximum absolute atomic E-state index is 12.5. The van der Waals surface area contributed by atoms with Crippen molar-refractivity contribution < 1.29 is 4.79 Å². The molecule has 3 N–H and O–H groups in total. The molecule has 1 amide bonds. The first-order valence-corrected chi connectivity index (χ1v) is 9.84. The van der Waals surface area contributed by atoms with Gasteiger partial charge in [0.1, 0.15) is 6.17 Å². The smallest absolute Gasteiger partial charge is 0.252 e. The molecule has 0 aliphatic carbocycles. The highest BCUT2D eigenvalue weighted by molar-refractivity contribution is 7.80. The predicted molar refractivity (Wildman–Crippen MR) is 118 cm³/mol. The van der Waals surface area contributed by atoms with E-state index in [1.165, 1.54) is 0 Å². The van der Waals surface area contributed by atoms with E-state index in [0.29, 0.717) is 5.56 Å². The number of carbonyl (C=O) groups excluding carboxylic acids is 1. The van der Waals surface area contributed by atoms with Crippen LogP contribution in [0.5, 0.6) is 0 Å². The number of benzene rings is 2. The van der Waals surface area contributed by atoms with Crippen LogP contribution in [0.15, 0.2) is 48.5 Å². The summed E-state index contributed by atoms with van der Waals surface area (Å²) in [6, 6.07) is 14.8. The molecule has 0 spiro atoms. The van der Waals surface area contributed by atoms with Gasteiger partial charge in [0, 0.05) is 11.3 Å². The van der Waals surface area contributed by atoms with Gasteiger partial charge in [0.2, 0.25) is 3.79 Å². The minimum absolute atomic E-state index is 0.233. The molecule has 0 radical (unpaired) electrons. The minimum atomic E-state index is -1.81. The first-order chi connectivity index (χ1) is 12.7. The molecule has 1 unspecified atom stereocenters. The SMILES string of the molecule is CCc1ccccc1NC(=S)NC(NC(=O)c1ccc(C)cc1)C(Cl)(Cl)Cl. The van der Waals surface area contributed by atoms with E-state index in [1.54, 1.807) is 12.1 Å². The Morgan fingerprint density at radius 1 is 1.07 bits per heavy atom. The summed E-state index contributed by atoms with van der Waals surface area (Å²) in [5, 5.41) is 8.84. The van der Waals surface area contributed by atoms with Crippen LogP contribution in [0.4, 0.5) is 5.69 Å². The summed E-state index contributed by atoms with van der Waals surface area (Å²) in [5.74, 6) is -0.379. The molecule has 144 valence electrons. The molecule has 0 heterocycles. The van der Waals surface area contributed by atoms with Crippen LogP contribution in [-0.4, -0.2) is 21.0 Å². The second-order valence-electron chi connectivity index (χ2n) is 5.92. The number of thiocarbonyl (C=S) groups is 1. The number of carbonyl (C=O) groups is 1. The zero-order valence-corrected chi connectivity index (χ0v) is 17.9. The van der Waals surface area contributed by atoms with Crippen molar-refractivity contribution in [2.24, 2.45) is 0 Å². The van der Waals surface area contributed by atoms with Crippen LogP contribution in [-0.2, 0) is 6.42 Å². The third kappa shape index (κ3) is 6.54. The Balaban J connectivity index is 2.09. The Kier molecular flexibility index (Phi) is 7.74. The molecule has 0 saturated carbocycles. The van der Waals surface area contributed by atoms with Gasteiger partial charge < -0.3 is 16.0 Å². The standard InChI is InChI=1S/C19H20Cl3N3OS/c1-3-13-6-4-5-7-15(13)23-18(27)25-17(19(20,21)22)24-16(26)14-10-8-12(2)9-11-14/h4-11,17H,3H2,1-2H3,(H,24,26)(H2,23,25,27). The molecule has 0 aliphatic heterocycles. The molecule has 8 heteroatoms. The number of alkyl halides is 3. The Labute approximate surface area is 179 Å². The fourth-order valence-corrected chi connectivity index (χ4v) is 2.91. The van der Waals surface area contributed by atoms with E-state index in [4.69, 9.17) is 47.0 Å². The van der Waals surface area contributed by atoms with E-state index in [2.05, 4.69) is 16.0 Å². The topological polar surface area (TPSA) is 53.2 Å².